The van der Waals surface area contributed by atoms with Crippen LogP contribution < -0.4 is 5.32 Å². The van der Waals surface area contributed by atoms with Crippen LogP contribution in [0.5, 0.6) is 0 Å². The van der Waals surface area contributed by atoms with Gasteiger partial charge in [-0.1, -0.05) is 41.9 Å². The number of ether oxygens (including phenoxy) is 1. The van der Waals surface area contributed by atoms with Gasteiger partial charge in [0.2, 0.25) is 0 Å². The van der Waals surface area contributed by atoms with E-state index in [2.05, 4.69) is 10.3 Å². The first kappa shape index (κ1) is 19.1. The maximum absolute atomic E-state index is 12.2. The van der Waals surface area contributed by atoms with E-state index in [9.17, 15) is 9.59 Å². The van der Waals surface area contributed by atoms with Crippen LogP contribution in [0.2, 0.25) is 5.02 Å². The third kappa shape index (κ3) is 5.64. The van der Waals surface area contributed by atoms with Crippen molar-refractivity contribution in [2.75, 3.05) is 6.54 Å². The lowest BCUT2D eigenvalue weighted by Gasteiger charge is -2.04. The second-order valence-electron chi connectivity index (χ2n) is 5.70. The van der Waals surface area contributed by atoms with Crippen LogP contribution in [-0.4, -0.2) is 23.4 Å². The van der Waals surface area contributed by atoms with Crippen molar-refractivity contribution in [3.05, 3.63) is 86.8 Å². The molecule has 7 heteroatoms. The van der Waals surface area contributed by atoms with Gasteiger partial charge in [-0.05, 0) is 36.2 Å². The summed E-state index contributed by atoms with van der Waals surface area (Å²) >= 11 is 7.22. The molecule has 3 rings (SSSR count). The van der Waals surface area contributed by atoms with Crippen molar-refractivity contribution in [1.82, 2.24) is 10.3 Å². The molecule has 27 heavy (non-hydrogen) atoms. The number of carbonyl (C=O) groups excluding carboxylic acids is 2. The molecular formula is C20H17ClN2O3S. The normalized spacial score (nSPS) is 10.4. The highest BCUT2D eigenvalue weighted by Gasteiger charge is 2.12. The summed E-state index contributed by atoms with van der Waals surface area (Å²) in [5.41, 5.74) is 1.85. The minimum atomic E-state index is -0.418. The molecule has 138 valence electrons. The van der Waals surface area contributed by atoms with Crippen LogP contribution in [0.3, 0.4) is 0 Å². The molecule has 0 spiro atoms. The van der Waals surface area contributed by atoms with Crippen molar-refractivity contribution < 1.29 is 14.3 Å². The summed E-state index contributed by atoms with van der Waals surface area (Å²) in [6, 6.07) is 16.3. The molecule has 0 aliphatic carbocycles. The van der Waals surface area contributed by atoms with Gasteiger partial charge >= 0.3 is 5.97 Å². The predicted molar refractivity (Wildman–Crippen MR) is 105 cm³/mol. The summed E-state index contributed by atoms with van der Waals surface area (Å²) in [5, 5.41) is 5.72. The van der Waals surface area contributed by atoms with E-state index in [1.807, 2.05) is 30.3 Å². The lowest BCUT2D eigenvalue weighted by Crippen LogP contribution is -2.26. The molecule has 1 aromatic heterocycles. The number of nitrogens with one attached hydrogen (secondary N) is 1. The van der Waals surface area contributed by atoms with Gasteiger partial charge in [-0.3, -0.25) is 4.79 Å². The Morgan fingerprint density at radius 2 is 1.93 bits per heavy atom. The Kier molecular flexibility index (Phi) is 6.57. The van der Waals surface area contributed by atoms with Gasteiger partial charge in [-0.15, -0.1) is 11.3 Å². The third-order valence-electron chi connectivity index (χ3n) is 3.71. The lowest BCUT2D eigenvalue weighted by atomic mass is 10.1. The largest absolute Gasteiger partial charge is 0.455 e. The number of esters is 1. The Balaban J connectivity index is 1.46. The molecule has 3 aromatic rings. The first-order chi connectivity index (χ1) is 13.1. The molecule has 0 aliphatic rings. The highest BCUT2D eigenvalue weighted by atomic mass is 35.5. The Morgan fingerprint density at radius 3 is 2.70 bits per heavy atom. The molecule has 0 unspecified atom stereocenters. The summed E-state index contributed by atoms with van der Waals surface area (Å²) < 4.78 is 5.22. The van der Waals surface area contributed by atoms with Crippen LogP contribution in [-0.2, 0) is 17.8 Å². The van der Waals surface area contributed by atoms with E-state index in [1.165, 1.54) is 11.3 Å². The molecule has 5 nitrogen and oxygen atoms in total. The maximum Gasteiger partial charge on any atom is 0.338 e. The zero-order valence-corrected chi connectivity index (χ0v) is 15.9. The number of hydrogen-bond acceptors (Lipinski definition) is 5. The van der Waals surface area contributed by atoms with Gasteiger partial charge in [0, 0.05) is 16.9 Å². The smallest absolute Gasteiger partial charge is 0.338 e. The van der Waals surface area contributed by atoms with Gasteiger partial charge < -0.3 is 10.1 Å². The topological polar surface area (TPSA) is 68.3 Å². The molecule has 2 aromatic carbocycles. The number of thiazole rings is 1. The highest BCUT2D eigenvalue weighted by molar-refractivity contribution is 7.09. The van der Waals surface area contributed by atoms with Crippen LogP contribution in [0.15, 0.2) is 60.0 Å². The van der Waals surface area contributed by atoms with E-state index < -0.39 is 5.97 Å². The first-order valence-electron chi connectivity index (χ1n) is 8.31. The van der Waals surface area contributed by atoms with Gasteiger partial charge in [-0.25, -0.2) is 9.78 Å². The summed E-state index contributed by atoms with van der Waals surface area (Å²) in [6.45, 7) is 0.517. The molecule has 0 radical (unpaired) electrons. The number of aromatic nitrogens is 1. The van der Waals surface area contributed by atoms with Crippen molar-refractivity contribution in [2.24, 2.45) is 0 Å². The molecular weight excluding hydrogens is 384 g/mol. The summed E-state index contributed by atoms with van der Waals surface area (Å²) in [7, 11) is 0. The Bertz CT molecular complexity index is 928. The quantitative estimate of drug-likeness (QED) is 0.605. The lowest BCUT2D eigenvalue weighted by molar-refractivity contribution is 0.0472. The second kappa shape index (κ2) is 9.30. The predicted octanol–water partition coefficient (Wildman–Crippen LogP) is 4.13. The van der Waals surface area contributed by atoms with Crippen molar-refractivity contribution in [2.45, 2.75) is 13.0 Å². The first-order valence-corrected chi connectivity index (χ1v) is 9.57. The number of benzene rings is 2. The minimum Gasteiger partial charge on any atom is -0.455 e. The highest BCUT2D eigenvalue weighted by Crippen LogP contribution is 2.13. The summed E-state index contributed by atoms with van der Waals surface area (Å²) in [5.74, 6) is -0.674. The average molecular weight is 401 g/mol. The molecule has 1 amide bonds. The van der Waals surface area contributed by atoms with E-state index in [-0.39, 0.29) is 12.5 Å². The van der Waals surface area contributed by atoms with Crippen LogP contribution in [0.4, 0.5) is 0 Å². The fraction of sp³-hybridized carbons (Fsp3) is 0.150. The van der Waals surface area contributed by atoms with Crippen LogP contribution in [0.25, 0.3) is 0 Å². The fourth-order valence-electron chi connectivity index (χ4n) is 2.37. The van der Waals surface area contributed by atoms with Gasteiger partial charge in [0.15, 0.2) is 0 Å². The Morgan fingerprint density at radius 1 is 1.11 bits per heavy atom. The van der Waals surface area contributed by atoms with Crippen molar-refractivity contribution in [3.8, 4) is 0 Å². The van der Waals surface area contributed by atoms with Gasteiger partial charge in [0.25, 0.3) is 5.91 Å². The third-order valence-corrected chi connectivity index (χ3v) is 4.77. The molecule has 0 atom stereocenters. The van der Waals surface area contributed by atoms with E-state index in [0.29, 0.717) is 34.3 Å². The number of carbonyl (C=O) groups is 2. The van der Waals surface area contributed by atoms with E-state index in [1.54, 1.807) is 29.6 Å². The zero-order chi connectivity index (χ0) is 19.1. The van der Waals surface area contributed by atoms with Crippen LogP contribution >= 0.6 is 22.9 Å². The van der Waals surface area contributed by atoms with Crippen molar-refractivity contribution in [3.63, 3.8) is 0 Å². The standard InChI is InChI=1S/C20H17ClN2O3S/c21-16-8-4-5-14(11-16)9-10-22-19(24)17-13-27-18(23-17)12-26-20(25)15-6-2-1-3-7-15/h1-8,11,13H,9-10,12H2,(H,22,24). The monoisotopic (exact) mass is 400 g/mol. The van der Waals surface area contributed by atoms with Crippen molar-refractivity contribution >= 4 is 34.8 Å². The minimum absolute atomic E-state index is 0.0359. The molecule has 0 saturated carbocycles. The van der Waals surface area contributed by atoms with E-state index >= 15 is 0 Å². The maximum atomic E-state index is 12.2. The van der Waals surface area contributed by atoms with E-state index in [4.69, 9.17) is 16.3 Å². The molecule has 0 bridgehead atoms. The number of halogens is 1. The van der Waals surface area contributed by atoms with Crippen molar-refractivity contribution in [1.29, 1.82) is 0 Å². The summed E-state index contributed by atoms with van der Waals surface area (Å²) in [4.78, 5) is 28.3. The zero-order valence-electron chi connectivity index (χ0n) is 14.4. The molecule has 1 N–H and O–H groups in total. The molecule has 0 saturated heterocycles. The number of nitrogens with zero attached hydrogens (tertiary/aromatic N) is 1. The summed E-state index contributed by atoms with van der Waals surface area (Å²) in [6.07, 6.45) is 0.679. The Labute approximate surface area is 166 Å². The molecule has 1 heterocycles. The number of amides is 1. The average Bonchev–Trinajstić information content (AvgIpc) is 3.16. The van der Waals surface area contributed by atoms with Crippen LogP contribution in [0.1, 0.15) is 31.4 Å². The number of rotatable bonds is 7. The second-order valence-corrected chi connectivity index (χ2v) is 7.08. The van der Waals surface area contributed by atoms with E-state index in [0.717, 1.165) is 5.56 Å². The number of hydrogen-bond donors (Lipinski definition) is 1. The SMILES string of the molecule is O=C(OCc1nc(C(=O)NCCc2cccc(Cl)c2)cs1)c1ccccc1. The van der Waals surface area contributed by atoms with Crippen LogP contribution in [0, 0.1) is 0 Å². The van der Waals surface area contributed by atoms with Gasteiger partial charge in [-0.2, -0.15) is 0 Å². The van der Waals surface area contributed by atoms with Gasteiger partial charge in [0.1, 0.15) is 17.3 Å². The molecule has 0 aliphatic heterocycles. The Hall–Kier alpha value is -2.70. The van der Waals surface area contributed by atoms with Gasteiger partial charge in [0.05, 0.1) is 5.56 Å². The fourth-order valence-corrected chi connectivity index (χ4v) is 3.27. The molecule has 0 fully saturated rings.